The molecule has 0 aromatic carbocycles. The van der Waals surface area contributed by atoms with Gasteiger partial charge in [0.05, 0.1) is 0 Å². The number of carbonyl (C=O) groups is 1. The van der Waals surface area contributed by atoms with Crippen molar-refractivity contribution in [1.82, 2.24) is 0 Å². The molecule has 4 heteroatoms. The Morgan fingerprint density at radius 1 is 1.44 bits per heavy atom. The second kappa shape index (κ2) is 4.53. The highest BCUT2D eigenvalue weighted by Gasteiger charge is 2.24. The first-order valence-corrected chi connectivity index (χ1v) is 5.34. The van der Waals surface area contributed by atoms with Gasteiger partial charge in [-0.2, -0.15) is 0 Å². The molecule has 0 bridgehead atoms. The summed E-state index contributed by atoms with van der Waals surface area (Å²) in [6, 6.07) is 2.91. The van der Waals surface area contributed by atoms with E-state index in [2.05, 4.69) is 6.08 Å². The van der Waals surface area contributed by atoms with Crippen LogP contribution >= 0.6 is 0 Å². The van der Waals surface area contributed by atoms with Crippen molar-refractivity contribution in [3.8, 4) is 0 Å². The molecule has 0 fully saturated rings. The highest BCUT2D eigenvalue weighted by Crippen LogP contribution is 2.32. The summed E-state index contributed by atoms with van der Waals surface area (Å²) >= 11 is 0. The zero-order valence-electron chi connectivity index (χ0n) is 8.80. The van der Waals surface area contributed by atoms with E-state index in [1.165, 1.54) is 12.1 Å². The van der Waals surface area contributed by atoms with Crippen LogP contribution in [0.2, 0.25) is 0 Å². The number of carboxylic acid groups (broad SMARTS) is 1. The maximum absolute atomic E-state index is 10.6. The number of aromatic carboxylic acids is 1. The molecular weight excluding hydrogens is 208 g/mol. The van der Waals surface area contributed by atoms with Crippen molar-refractivity contribution in [2.75, 3.05) is 0 Å². The molecule has 2 atom stereocenters. The second-order valence-corrected chi connectivity index (χ2v) is 4.00. The Hall–Kier alpha value is -1.55. The Labute approximate surface area is 93.2 Å². The standard InChI is InChI=1S/C12H14O4/c13-11(8-4-2-1-3-5-8)9-6-7-10(16-9)12(14)15/h1-2,6-8,11,13H,3-5H2,(H,14,15). The monoisotopic (exact) mass is 222 g/mol. The van der Waals surface area contributed by atoms with Gasteiger partial charge in [-0.1, -0.05) is 12.2 Å². The second-order valence-electron chi connectivity index (χ2n) is 4.00. The molecule has 2 N–H and O–H groups in total. The van der Waals surface area contributed by atoms with Crippen LogP contribution in [-0.2, 0) is 0 Å². The van der Waals surface area contributed by atoms with Crippen LogP contribution in [-0.4, -0.2) is 16.2 Å². The minimum absolute atomic E-state index is 0.123. The summed E-state index contributed by atoms with van der Waals surface area (Å²) in [7, 11) is 0. The summed E-state index contributed by atoms with van der Waals surface area (Å²) in [6.45, 7) is 0. The molecule has 0 aliphatic heterocycles. The van der Waals surface area contributed by atoms with Gasteiger partial charge in [-0.15, -0.1) is 0 Å². The first kappa shape index (κ1) is 11.0. The van der Waals surface area contributed by atoms with Crippen LogP contribution in [0.15, 0.2) is 28.7 Å². The van der Waals surface area contributed by atoms with E-state index in [0.29, 0.717) is 5.76 Å². The smallest absolute Gasteiger partial charge is 0.371 e. The number of carboxylic acids is 1. The molecular formula is C12H14O4. The molecule has 4 nitrogen and oxygen atoms in total. The first-order valence-electron chi connectivity index (χ1n) is 5.34. The van der Waals surface area contributed by atoms with Gasteiger partial charge < -0.3 is 14.6 Å². The van der Waals surface area contributed by atoms with Crippen LogP contribution in [0.25, 0.3) is 0 Å². The molecule has 2 unspecified atom stereocenters. The fourth-order valence-electron chi connectivity index (χ4n) is 1.96. The van der Waals surface area contributed by atoms with Crippen LogP contribution < -0.4 is 0 Å². The van der Waals surface area contributed by atoms with Gasteiger partial charge >= 0.3 is 5.97 Å². The first-order chi connectivity index (χ1) is 7.68. The van der Waals surface area contributed by atoms with Crippen molar-refractivity contribution in [1.29, 1.82) is 0 Å². The van der Waals surface area contributed by atoms with Crippen LogP contribution in [0, 0.1) is 5.92 Å². The van der Waals surface area contributed by atoms with Gasteiger partial charge in [-0.05, 0) is 37.3 Å². The summed E-state index contributed by atoms with van der Waals surface area (Å²) < 4.78 is 5.09. The van der Waals surface area contributed by atoms with E-state index in [1.807, 2.05) is 6.08 Å². The van der Waals surface area contributed by atoms with Crippen LogP contribution in [0.5, 0.6) is 0 Å². The van der Waals surface area contributed by atoms with Gasteiger partial charge in [0.15, 0.2) is 0 Å². The van der Waals surface area contributed by atoms with Crippen LogP contribution in [0.4, 0.5) is 0 Å². The third-order valence-corrected chi connectivity index (χ3v) is 2.89. The van der Waals surface area contributed by atoms with Crippen LogP contribution in [0.1, 0.15) is 41.7 Å². The zero-order valence-corrected chi connectivity index (χ0v) is 8.80. The Morgan fingerprint density at radius 2 is 2.25 bits per heavy atom. The van der Waals surface area contributed by atoms with Crippen molar-refractivity contribution < 1.29 is 19.4 Å². The molecule has 1 heterocycles. The third kappa shape index (κ3) is 2.17. The Bertz CT molecular complexity index is 405. The van der Waals surface area contributed by atoms with E-state index in [4.69, 9.17) is 9.52 Å². The van der Waals surface area contributed by atoms with Gasteiger partial charge in [-0.25, -0.2) is 4.79 Å². The summed E-state index contributed by atoms with van der Waals surface area (Å²) in [5, 5.41) is 18.7. The van der Waals surface area contributed by atoms with Gasteiger partial charge in [0, 0.05) is 0 Å². The van der Waals surface area contributed by atoms with Crippen molar-refractivity contribution >= 4 is 5.97 Å². The lowest BCUT2D eigenvalue weighted by Crippen LogP contribution is -2.13. The molecule has 0 saturated heterocycles. The molecule has 1 aliphatic carbocycles. The number of rotatable bonds is 3. The summed E-state index contributed by atoms with van der Waals surface area (Å²) in [4.78, 5) is 10.6. The SMILES string of the molecule is O=C(O)c1ccc(C(O)C2CC=CCC2)o1. The lowest BCUT2D eigenvalue weighted by molar-refractivity contribution is 0.0615. The molecule has 0 amide bonds. The molecule has 0 radical (unpaired) electrons. The molecule has 0 spiro atoms. The van der Waals surface area contributed by atoms with E-state index in [1.54, 1.807) is 0 Å². The molecule has 1 aromatic rings. The molecule has 86 valence electrons. The lowest BCUT2D eigenvalue weighted by atomic mass is 9.88. The van der Waals surface area contributed by atoms with Gasteiger partial charge in [-0.3, -0.25) is 0 Å². The van der Waals surface area contributed by atoms with Crippen molar-refractivity contribution in [3.63, 3.8) is 0 Å². The lowest BCUT2D eigenvalue weighted by Gasteiger charge is -2.21. The van der Waals surface area contributed by atoms with Crippen molar-refractivity contribution in [2.24, 2.45) is 5.92 Å². The highest BCUT2D eigenvalue weighted by atomic mass is 16.4. The maximum atomic E-state index is 10.6. The van der Waals surface area contributed by atoms with Crippen molar-refractivity contribution in [2.45, 2.75) is 25.4 Å². The Balaban J connectivity index is 2.10. The zero-order chi connectivity index (χ0) is 11.5. The number of furan rings is 1. The number of aliphatic hydroxyl groups excluding tert-OH is 1. The molecule has 1 aliphatic rings. The van der Waals surface area contributed by atoms with E-state index < -0.39 is 12.1 Å². The quantitative estimate of drug-likeness (QED) is 0.770. The van der Waals surface area contributed by atoms with E-state index >= 15 is 0 Å². The maximum Gasteiger partial charge on any atom is 0.371 e. The molecule has 0 saturated carbocycles. The highest BCUT2D eigenvalue weighted by molar-refractivity contribution is 5.84. The number of aliphatic hydroxyl groups is 1. The average Bonchev–Trinajstić information content (AvgIpc) is 2.78. The summed E-state index contributed by atoms with van der Waals surface area (Å²) in [5.41, 5.74) is 0. The minimum Gasteiger partial charge on any atom is -0.475 e. The van der Waals surface area contributed by atoms with Crippen LogP contribution in [0.3, 0.4) is 0 Å². The number of hydrogen-bond acceptors (Lipinski definition) is 3. The normalized spacial score (nSPS) is 21.9. The molecule has 2 rings (SSSR count). The average molecular weight is 222 g/mol. The Kier molecular flexibility index (Phi) is 3.10. The number of hydrogen-bond donors (Lipinski definition) is 2. The fraction of sp³-hybridized carbons (Fsp3) is 0.417. The predicted octanol–water partition coefficient (Wildman–Crippen LogP) is 2.37. The van der Waals surface area contributed by atoms with E-state index in [0.717, 1.165) is 19.3 Å². The molecule has 1 aromatic heterocycles. The number of allylic oxidation sites excluding steroid dienone is 2. The van der Waals surface area contributed by atoms with Gasteiger partial charge in [0.1, 0.15) is 11.9 Å². The predicted molar refractivity (Wildman–Crippen MR) is 57.1 cm³/mol. The van der Waals surface area contributed by atoms with Gasteiger partial charge in [0.2, 0.25) is 5.76 Å². The van der Waals surface area contributed by atoms with Crippen molar-refractivity contribution in [3.05, 3.63) is 35.8 Å². The van der Waals surface area contributed by atoms with E-state index in [-0.39, 0.29) is 11.7 Å². The third-order valence-electron chi connectivity index (χ3n) is 2.89. The Morgan fingerprint density at radius 3 is 2.81 bits per heavy atom. The molecule has 16 heavy (non-hydrogen) atoms. The van der Waals surface area contributed by atoms with Gasteiger partial charge in [0.25, 0.3) is 0 Å². The van der Waals surface area contributed by atoms with E-state index in [9.17, 15) is 9.90 Å². The topological polar surface area (TPSA) is 70.7 Å². The fourth-order valence-corrected chi connectivity index (χ4v) is 1.96. The minimum atomic E-state index is -1.11. The largest absolute Gasteiger partial charge is 0.475 e. The summed E-state index contributed by atoms with van der Waals surface area (Å²) in [6.07, 6.45) is 6.09. The summed E-state index contributed by atoms with van der Waals surface area (Å²) in [5.74, 6) is -0.766.